The first-order valence-electron chi connectivity index (χ1n) is 10.3. The van der Waals surface area contributed by atoms with Crippen LogP contribution in [0.2, 0.25) is 0 Å². The zero-order valence-electron chi connectivity index (χ0n) is 16.9. The number of para-hydroxylation sites is 1. The minimum Gasteiger partial charge on any atom is -0.463 e. The van der Waals surface area contributed by atoms with E-state index in [4.69, 9.17) is 9.15 Å². The van der Waals surface area contributed by atoms with Crippen molar-refractivity contribution in [3.05, 3.63) is 36.1 Å². The Labute approximate surface area is 169 Å². The molecule has 1 spiro atoms. The number of rotatable bonds is 4. The zero-order chi connectivity index (χ0) is 20.3. The second-order valence-corrected chi connectivity index (χ2v) is 8.99. The number of benzene rings is 1. The Hall–Kier alpha value is -2.38. The van der Waals surface area contributed by atoms with Gasteiger partial charge in [0.05, 0.1) is 22.2 Å². The first-order chi connectivity index (χ1) is 13.9. The summed E-state index contributed by atoms with van der Waals surface area (Å²) in [6.45, 7) is 2.11. The number of nitrogens with zero attached hydrogens (tertiary/aromatic N) is 1. The largest absolute Gasteiger partial charge is 0.463 e. The summed E-state index contributed by atoms with van der Waals surface area (Å²) in [6.07, 6.45) is 4.50. The van der Waals surface area contributed by atoms with Crippen LogP contribution in [-0.2, 0) is 9.53 Å². The first kappa shape index (κ1) is 18.6. The SMILES string of the molecule is CN(C)C(=O)C12CC(CNC(=O)c3coc4ccccc34)(C1)OC21CCNCC1. The standard InChI is InChI=1S/C22H27N3O4/c1-25(2)19(27)21-12-20(13-21,29-22(21)7-9-23-10-8-22)14-24-18(26)16-11-28-17-6-4-3-5-15(16)17/h3-6,11,23H,7-10,12-14H2,1-2H3,(H,24,26). The molecule has 2 amide bonds. The number of carbonyl (C=O) groups is 2. The summed E-state index contributed by atoms with van der Waals surface area (Å²) in [5, 5.41) is 7.22. The molecule has 2 bridgehead atoms. The topological polar surface area (TPSA) is 83.8 Å². The molecule has 3 aliphatic heterocycles. The maximum Gasteiger partial charge on any atom is 0.255 e. The van der Waals surface area contributed by atoms with Crippen LogP contribution in [0.1, 0.15) is 36.0 Å². The van der Waals surface area contributed by atoms with Crippen molar-refractivity contribution >= 4 is 22.8 Å². The minimum absolute atomic E-state index is 0.152. The molecule has 2 N–H and O–H groups in total. The number of fused-ring (bicyclic) bond motifs is 1. The average molecular weight is 397 g/mol. The predicted octanol–water partition coefficient (Wildman–Crippen LogP) is 1.92. The van der Waals surface area contributed by atoms with Gasteiger partial charge in [0.15, 0.2) is 0 Å². The summed E-state index contributed by atoms with van der Waals surface area (Å²) in [7, 11) is 3.63. The molecule has 0 radical (unpaired) electrons. The lowest BCUT2D eigenvalue weighted by Crippen LogP contribution is -2.61. The minimum atomic E-state index is -0.467. The van der Waals surface area contributed by atoms with Crippen molar-refractivity contribution in [2.75, 3.05) is 33.7 Å². The van der Waals surface area contributed by atoms with Crippen LogP contribution in [0.25, 0.3) is 11.0 Å². The third kappa shape index (κ3) is 2.57. The monoisotopic (exact) mass is 397 g/mol. The highest BCUT2D eigenvalue weighted by Crippen LogP contribution is 2.69. The van der Waals surface area contributed by atoms with Crippen molar-refractivity contribution in [3.63, 3.8) is 0 Å². The van der Waals surface area contributed by atoms with Crippen molar-refractivity contribution in [2.45, 2.75) is 36.9 Å². The van der Waals surface area contributed by atoms with Crippen LogP contribution in [0.15, 0.2) is 34.9 Å². The van der Waals surface area contributed by atoms with Crippen molar-refractivity contribution in [3.8, 4) is 0 Å². The Bertz CT molecular complexity index is 967. The lowest BCUT2D eigenvalue weighted by molar-refractivity contribution is -0.149. The lowest BCUT2D eigenvalue weighted by atomic mass is 9.53. The van der Waals surface area contributed by atoms with Crippen LogP contribution in [0.5, 0.6) is 0 Å². The van der Waals surface area contributed by atoms with Crippen LogP contribution in [0.4, 0.5) is 0 Å². The summed E-state index contributed by atoms with van der Waals surface area (Å²) in [5.41, 5.74) is -0.126. The van der Waals surface area contributed by atoms with Crippen molar-refractivity contribution < 1.29 is 18.7 Å². The molecule has 1 aromatic heterocycles. The second-order valence-electron chi connectivity index (χ2n) is 8.99. The molecule has 1 saturated carbocycles. The van der Waals surface area contributed by atoms with Crippen LogP contribution in [0.3, 0.4) is 0 Å². The number of nitrogens with one attached hydrogen (secondary N) is 2. The fraction of sp³-hybridized carbons (Fsp3) is 0.545. The molecule has 4 fully saturated rings. The number of hydrogen-bond acceptors (Lipinski definition) is 5. The van der Waals surface area contributed by atoms with Gasteiger partial charge in [-0.25, -0.2) is 0 Å². The molecule has 29 heavy (non-hydrogen) atoms. The summed E-state index contributed by atoms with van der Waals surface area (Å²) in [5.74, 6) is -0.0182. The van der Waals surface area contributed by atoms with E-state index in [1.165, 1.54) is 6.26 Å². The van der Waals surface area contributed by atoms with Gasteiger partial charge in [0.25, 0.3) is 5.91 Å². The van der Waals surface area contributed by atoms with Crippen LogP contribution < -0.4 is 10.6 Å². The van der Waals surface area contributed by atoms with E-state index in [-0.39, 0.29) is 11.8 Å². The normalized spacial score (nSPS) is 29.6. The van der Waals surface area contributed by atoms with Crippen molar-refractivity contribution in [1.29, 1.82) is 0 Å². The molecule has 4 aliphatic rings. The highest BCUT2D eigenvalue weighted by Gasteiger charge is 2.77. The first-order valence-corrected chi connectivity index (χ1v) is 10.3. The molecule has 0 unspecified atom stereocenters. The molecule has 1 aliphatic carbocycles. The van der Waals surface area contributed by atoms with E-state index in [1.807, 2.05) is 38.4 Å². The van der Waals surface area contributed by atoms with E-state index in [0.717, 1.165) is 31.3 Å². The fourth-order valence-corrected chi connectivity index (χ4v) is 5.79. The average Bonchev–Trinajstić information content (AvgIpc) is 3.31. The Morgan fingerprint density at radius 1 is 1.17 bits per heavy atom. The van der Waals surface area contributed by atoms with Crippen LogP contribution in [-0.4, -0.2) is 61.6 Å². The Balaban J connectivity index is 1.35. The van der Waals surface area contributed by atoms with Crippen molar-refractivity contribution in [1.82, 2.24) is 15.5 Å². The van der Waals surface area contributed by atoms with E-state index < -0.39 is 16.6 Å². The molecule has 4 heterocycles. The smallest absolute Gasteiger partial charge is 0.255 e. The van der Waals surface area contributed by atoms with E-state index in [2.05, 4.69) is 10.6 Å². The van der Waals surface area contributed by atoms with Gasteiger partial charge in [-0.15, -0.1) is 0 Å². The maximum absolute atomic E-state index is 13.1. The highest BCUT2D eigenvalue weighted by atomic mass is 16.5. The van der Waals surface area contributed by atoms with Gasteiger partial charge in [0, 0.05) is 26.0 Å². The van der Waals surface area contributed by atoms with Gasteiger partial charge in [-0.3, -0.25) is 9.59 Å². The van der Waals surface area contributed by atoms with Gasteiger partial charge in [0.2, 0.25) is 5.91 Å². The van der Waals surface area contributed by atoms with Crippen LogP contribution >= 0.6 is 0 Å². The highest BCUT2D eigenvalue weighted by molar-refractivity contribution is 6.05. The van der Waals surface area contributed by atoms with Gasteiger partial charge >= 0.3 is 0 Å². The van der Waals surface area contributed by atoms with Crippen LogP contribution in [0, 0.1) is 5.41 Å². The predicted molar refractivity (Wildman–Crippen MR) is 108 cm³/mol. The molecule has 3 saturated heterocycles. The summed E-state index contributed by atoms with van der Waals surface area (Å²) in [4.78, 5) is 27.6. The Morgan fingerprint density at radius 2 is 1.90 bits per heavy atom. The third-order valence-electron chi connectivity index (χ3n) is 7.06. The van der Waals surface area contributed by atoms with Gasteiger partial charge in [0.1, 0.15) is 11.8 Å². The third-order valence-corrected chi connectivity index (χ3v) is 7.06. The number of amides is 2. The Morgan fingerprint density at radius 3 is 2.62 bits per heavy atom. The molecular formula is C22H27N3O4. The number of hydrogen-bond donors (Lipinski definition) is 2. The van der Waals surface area contributed by atoms with E-state index in [1.54, 1.807) is 4.90 Å². The molecule has 1 aromatic carbocycles. The summed E-state index contributed by atoms with van der Waals surface area (Å²) in [6, 6.07) is 7.50. The number of carbonyl (C=O) groups excluding carboxylic acids is 2. The van der Waals surface area contributed by atoms with Crippen molar-refractivity contribution in [2.24, 2.45) is 5.41 Å². The van der Waals surface area contributed by atoms with Gasteiger partial charge in [-0.05, 0) is 44.8 Å². The quantitative estimate of drug-likeness (QED) is 0.824. The summed E-state index contributed by atoms with van der Waals surface area (Å²) < 4.78 is 12.1. The lowest BCUT2D eigenvalue weighted by Gasteiger charge is -2.49. The second kappa shape index (κ2) is 6.31. The molecule has 154 valence electrons. The molecular weight excluding hydrogens is 370 g/mol. The van der Waals surface area contributed by atoms with E-state index in [9.17, 15) is 9.59 Å². The number of piperidine rings is 1. The number of furan rings is 1. The molecule has 2 aromatic rings. The fourth-order valence-electron chi connectivity index (χ4n) is 5.79. The Kier molecular flexibility index (Phi) is 4.05. The number of ether oxygens (including phenoxy) is 1. The van der Waals surface area contributed by atoms with Gasteiger partial charge in [-0.2, -0.15) is 0 Å². The molecule has 0 atom stereocenters. The summed E-state index contributed by atoms with van der Waals surface area (Å²) >= 11 is 0. The van der Waals surface area contributed by atoms with E-state index >= 15 is 0 Å². The van der Waals surface area contributed by atoms with Gasteiger partial charge < -0.3 is 24.7 Å². The molecule has 7 heteroatoms. The zero-order valence-corrected chi connectivity index (χ0v) is 16.9. The van der Waals surface area contributed by atoms with E-state index in [0.29, 0.717) is 30.5 Å². The van der Waals surface area contributed by atoms with Gasteiger partial charge in [-0.1, -0.05) is 18.2 Å². The molecule has 7 nitrogen and oxygen atoms in total. The maximum atomic E-state index is 13.1. The molecule has 6 rings (SSSR count).